The van der Waals surface area contributed by atoms with Crippen LogP contribution in [0.3, 0.4) is 0 Å². The number of esters is 1. The van der Waals surface area contributed by atoms with Gasteiger partial charge in [0.15, 0.2) is 11.5 Å². The molecule has 0 spiro atoms. The zero-order valence-electron chi connectivity index (χ0n) is 13.5. The molecule has 0 atom stereocenters. The number of rotatable bonds is 4. The van der Waals surface area contributed by atoms with Gasteiger partial charge in [-0.1, -0.05) is 36.4 Å². The molecule has 126 valence electrons. The molecule has 0 fully saturated rings. The van der Waals surface area contributed by atoms with Crippen LogP contribution in [-0.4, -0.2) is 11.1 Å². The molecule has 4 nitrogen and oxygen atoms in total. The van der Waals surface area contributed by atoms with E-state index in [0.29, 0.717) is 21.5 Å². The van der Waals surface area contributed by atoms with Crippen molar-refractivity contribution in [3.63, 3.8) is 0 Å². The Bertz CT molecular complexity index is 964. The van der Waals surface area contributed by atoms with Gasteiger partial charge < -0.3 is 14.6 Å². The van der Waals surface area contributed by atoms with Crippen molar-refractivity contribution in [2.24, 2.45) is 0 Å². The molecule has 0 aromatic heterocycles. The highest BCUT2D eigenvalue weighted by Gasteiger charge is 2.19. The summed E-state index contributed by atoms with van der Waals surface area (Å²) in [7, 11) is 0. The zero-order chi connectivity index (χ0) is 18.0. The van der Waals surface area contributed by atoms with E-state index in [4.69, 9.17) is 21.1 Å². The van der Waals surface area contributed by atoms with Gasteiger partial charge in [0.25, 0.3) is 0 Å². The summed E-state index contributed by atoms with van der Waals surface area (Å²) in [6.07, 6.45) is 0. The molecule has 0 radical (unpaired) electrons. The first-order valence-corrected chi connectivity index (χ1v) is 7.89. The lowest BCUT2D eigenvalue weighted by atomic mass is 10.1. The Kier molecular flexibility index (Phi) is 4.63. The number of ether oxygens (including phenoxy) is 2. The molecule has 3 aromatic rings. The van der Waals surface area contributed by atoms with Gasteiger partial charge in [-0.15, -0.1) is 0 Å². The number of halogens is 1. The van der Waals surface area contributed by atoms with Crippen LogP contribution in [0, 0.1) is 0 Å². The molecule has 0 heterocycles. The fourth-order valence-electron chi connectivity index (χ4n) is 2.30. The van der Waals surface area contributed by atoms with Crippen molar-refractivity contribution in [3.8, 4) is 23.0 Å². The minimum Gasteiger partial charge on any atom is -0.507 e. The number of hydrogen-bond acceptors (Lipinski definition) is 4. The van der Waals surface area contributed by atoms with E-state index in [2.05, 4.69) is 6.58 Å². The summed E-state index contributed by atoms with van der Waals surface area (Å²) in [5.74, 6) is 0.343. The molecule has 0 bridgehead atoms. The van der Waals surface area contributed by atoms with Crippen LogP contribution >= 0.6 is 11.6 Å². The topological polar surface area (TPSA) is 55.8 Å². The van der Waals surface area contributed by atoms with E-state index in [9.17, 15) is 9.90 Å². The highest BCUT2D eigenvalue weighted by Crippen LogP contribution is 2.44. The van der Waals surface area contributed by atoms with Crippen molar-refractivity contribution in [1.82, 2.24) is 0 Å². The second-order valence-electron chi connectivity index (χ2n) is 5.50. The van der Waals surface area contributed by atoms with E-state index in [-0.39, 0.29) is 22.8 Å². The number of hydrogen-bond donors (Lipinski definition) is 1. The molecule has 0 unspecified atom stereocenters. The quantitative estimate of drug-likeness (QED) is 0.383. The molecule has 3 aromatic carbocycles. The molecular weight excluding hydrogens is 340 g/mol. The SMILES string of the molecule is C=C(C)C(=O)Oc1c(Oc2ccccc2)cc(O)c2cc(Cl)ccc12. The van der Waals surface area contributed by atoms with E-state index in [1.54, 1.807) is 37.3 Å². The van der Waals surface area contributed by atoms with Crippen LogP contribution in [0.25, 0.3) is 10.8 Å². The fourth-order valence-corrected chi connectivity index (χ4v) is 2.48. The summed E-state index contributed by atoms with van der Waals surface area (Å²) in [6, 6.07) is 15.3. The fraction of sp³-hybridized carbons (Fsp3) is 0.0500. The average molecular weight is 355 g/mol. The third-order valence-corrected chi connectivity index (χ3v) is 3.74. The van der Waals surface area contributed by atoms with E-state index in [1.807, 2.05) is 18.2 Å². The van der Waals surface area contributed by atoms with Crippen LogP contribution in [-0.2, 0) is 4.79 Å². The van der Waals surface area contributed by atoms with Gasteiger partial charge in [-0.2, -0.15) is 0 Å². The van der Waals surface area contributed by atoms with Crippen molar-refractivity contribution < 1.29 is 19.4 Å². The van der Waals surface area contributed by atoms with Gasteiger partial charge in [-0.25, -0.2) is 4.79 Å². The molecule has 0 aliphatic heterocycles. The van der Waals surface area contributed by atoms with E-state index >= 15 is 0 Å². The molecule has 1 N–H and O–H groups in total. The highest BCUT2D eigenvalue weighted by atomic mass is 35.5. The summed E-state index contributed by atoms with van der Waals surface area (Å²) in [5.41, 5.74) is 0.251. The Hall–Kier alpha value is -2.98. The van der Waals surface area contributed by atoms with Crippen molar-refractivity contribution in [2.45, 2.75) is 6.92 Å². The van der Waals surface area contributed by atoms with Gasteiger partial charge in [-0.05, 0) is 37.3 Å². The summed E-state index contributed by atoms with van der Waals surface area (Å²) in [4.78, 5) is 12.0. The van der Waals surface area contributed by atoms with E-state index in [1.165, 1.54) is 6.07 Å². The van der Waals surface area contributed by atoms with Gasteiger partial charge >= 0.3 is 5.97 Å². The van der Waals surface area contributed by atoms with Crippen molar-refractivity contribution in [1.29, 1.82) is 0 Å². The first kappa shape index (κ1) is 16.9. The Morgan fingerprint density at radius 1 is 1.08 bits per heavy atom. The number of benzene rings is 3. The summed E-state index contributed by atoms with van der Waals surface area (Å²) < 4.78 is 11.3. The van der Waals surface area contributed by atoms with Gasteiger partial charge in [0, 0.05) is 27.4 Å². The van der Waals surface area contributed by atoms with Crippen LogP contribution in [0.4, 0.5) is 0 Å². The van der Waals surface area contributed by atoms with Crippen LogP contribution in [0.1, 0.15) is 6.92 Å². The molecule has 5 heteroatoms. The first-order chi connectivity index (χ1) is 12.0. The third-order valence-electron chi connectivity index (χ3n) is 3.51. The maximum absolute atomic E-state index is 12.0. The smallest absolute Gasteiger partial charge is 0.338 e. The lowest BCUT2D eigenvalue weighted by molar-refractivity contribution is -0.130. The maximum atomic E-state index is 12.0. The average Bonchev–Trinajstić information content (AvgIpc) is 2.59. The number of fused-ring (bicyclic) bond motifs is 1. The predicted molar refractivity (Wildman–Crippen MR) is 97.6 cm³/mol. The minimum atomic E-state index is -0.583. The Labute approximate surface area is 149 Å². The number of carbonyl (C=O) groups is 1. The largest absolute Gasteiger partial charge is 0.507 e. The molecule has 0 amide bonds. The second kappa shape index (κ2) is 6.87. The van der Waals surface area contributed by atoms with Crippen LogP contribution in [0.2, 0.25) is 5.02 Å². The third kappa shape index (κ3) is 3.59. The normalized spacial score (nSPS) is 10.5. The van der Waals surface area contributed by atoms with Crippen molar-refractivity contribution in [3.05, 3.63) is 71.8 Å². The number of carbonyl (C=O) groups excluding carboxylic acids is 1. The molecule has 3 rings (SSSR count). The molecule has 0 aliphatic rings. The second-order valence-corrected chi connectivity index (χ2v) is 5.93. The van der Waals surface area contributed by atoms with Gasteiger partial charge in [-0.3, -0.25) is 0 Å². The molecule has 0 saturated carbocycles. The lowest BCUT2D eigenvalue weighted by Gasteiger charge is -2.15. The van der Waals surface area contributed by atoms with Crippen LogP contribution in [0.5, 0.6) is 23.0 Å². The summed E-state index contributed by atoms with van der Waals surface area (Å²) >= 11 is 6.00. The Balaban J connectivity index is 2.18. The minimum absolute atomic E-state index is 0.0291. The maximum Gasteiger partial charge on any atom is 0.338 e. The molecular formula is C20H15ClO4. The number of phenolic OH excluding ortho intramolecular Hbond substituents is 1. The standard InChI is InChI=1S/C20H15ClO4/c1-12(2)20(23)25-19-15-9-8-13(21)10-16(15)17(22)11-18(19)24-14-6-4-3-5-7-14/h3-11,22H,1H2,2H3. The van der Waals surface area contributed by atoms with Crippen LogP contribution < -0.4 is 9.47 Å². The molecule has 0 aliphatic carbocycles. The van der Waals surface area contributed by atoms with Gasteiger partial charge in [0.1, 0.15) is 11.5 Å². The number of phenols is 1. The Morgan fingerprint density at radius 2 is 1.80 bits per heavy atom. The lowest BCUT2D eigenvalue weighted by Crippen LogP contribution is -2.09. The monoisotopic (exact) mass is 354 g/mol. The van der Waals surface area contributed by atoms with Crippen molar-refractivity contribution >= 4 is 28.3 Å². The highest BCUT2D eigenvalue weighted by molar-refractivity contribution is 6.31. The van der Waals surface area contributed by atoms with Crippen molar-refractivity contribution in [2.75, 3.05) is 0 Å². The number of para-hydroxylation sites is 1. The predicted octanol–water partition coefficient (Wildman–Crippen LogP) is 5.47. The Morgan fingerprint density at radius 3 is 2.48 bits per heavy atom. The zero-order valence-corrected chi connectivity index (χ0v) is 14.2. The molecule has 0 saturated heterocycles. The van der Waals surface area contributed by atoms with E-state index < -0.39 is 5.97 Å². The van der Waals surface area contributed by atoms with Crippen LogP contribution in [0.15, 0.2) is 66.7 Å². The van der Waals surface area contributed by atoms with Gasteiger partial charge in [0.2, 0.25) is 0 Å². The first-order valence-electron chi connectivity index (χ1n) is 7.51. The summed E-state index contributed by atoms with van der Waals surface area (Å²) in [5, 5.41) is 11.7. The number of aromatic hydroxyl groups is 1. The molecule has 25 heavy (non-hydrogen) atoms. The summed E-state index contributed by atoms with van der Waals surface area (Å²) in [6.45, 7) is 5.15. The van der Waals surface area contributed by atoms with E-state index in [0.717, 1.165) is 0 Å². The van der Waals surface area contributed by atoms with Gasteiger partial charge in [0.05, 0.1) is 0 Å².